The fourth-order valence-electron chi connectivity index (χ4n) is 2.64. The Labute approximate surface area is 128 Å². The van der Waals surface area contributed by atoms with Crippen LogP contribution in [-0.2, 0) is 10.0 Å². The minimum atomic E-state index is -3.16. The van der Waals surface area contributed by atoms with Gasteiger partial charge in [0, 0.05) is 50.2 Å². The molecule has 0 saturated carbocycles. The van der Waals surface area contributed by atoms with Gasteiger partial charge in [-0.2, -0.15) is 0 Å². The van der Waals surface area contributed by atoms with Crippen molar-refractivity contribution < 1.29 is 8.42 Å². The van der Waals surface area contributed by atoms with Gasteiger partial charge in [0.15, 0.2) is 0 Å². The second-order valence-corrected chi connectivity index (χ2v) is 8.71. The lowest BCUT2D eigenvalue weighted by atomic mass is 10.0. The maximum atomic E-state index is 12.2. The predicted molar refractivity (Wildman–Crippen MR) is 86.3 cm³/mol. The number of nitrogens with zero attached hydrogens (tertiary/aromatic N) is 3. The molecular weight excluding hydrogens is 286 g/mol. The van der Waals surface area contributed by atoms with Crippen LogP contribution in [0.2, 0.25) is 0 Å². The largest absolute Gasteiger partial charge is 0.378 e. The molecule has 0 amide bonds. The first-order valence-corrected chi connectivity index (χ1v) is 8.87. The Morgan fingerprint density at radius 2 is 2.00 bits per heavy atom. The van der Waals surface area contributed by atoms with Crippen molar-refractivity contribution in [2.75, 3.05) is 32.1 Å². The fourth-order valence-corrected chi connectivity index (χ4v) is 3.99. The third-order valence-corrected chi connectivity index (χ3v) is 6.24. The average Bonchev–Trinajstić information content (AvgIpc) is 2.87. The molecule has 21 heavy (non-hydrogen) atoms. The Bertz CT molecular complexity index is 611. The van der Waals surface area contributed by atoms with Crippen molar-refractivity contribution in [3.8, 4) is 0 Å². The number of hydrogen-bond donors (Lipinski definition) is 0. The molecular formula is C15H25N3O2S. The number of hydrogen-bond acceptors (Lipinski definition) is 4. The summed E-state index contributed by atoms with van der Waals surface area (Å²) >= 11 is 0. The smallest absolute Gasteiger partial charge is 0.216 e. The number of aromatic nitrogens is 1. The molecule has 1 aliphatic rings. The standard InChI is InChI=1S/C15H25N3O2S/c1-11(2)21(19,20)18-7-6-13(10-18)15-9-14(17(4)5)8-12(3)16-15/h8-9,11,13H,6-7,10H2,1-5H3. The molecule has 1 fully saturated rings. The highest BCUT2D eigenvalue weighted by Gasteiger charge is 2.34. The summed E-state index contributed by atoms with van der Waals surface area (Å²) in [4.78, 5) is 6.66. The van der Waals surface area contributed by atoms with Crippen LogP contribution in [0.15, 0.2) is 12.1 Å². The molecule has 6 heteroatoms. The van der Waals surface area contributed by atoms with Gasteiger partial charge in [-0.3, -0.25) is 4.98 Å². The Balaban J connectivity index is 2.22. The molecule has 1 unspecified atom stereocenters. The number of rotatable bonds is 4. The van der Waals surface area contributed by atoms with E-state index in [-0.39, 0.29) is 11.2 Å². The molecule has 118 valence electrons. The summed E-state index contributed by atoms with van der Waals surface area (Å²) in [5, 5.41) is -0.362. The van der Waals surface area contributed by atoms with E-state index < -0.39 is 10.0 Å². The highest BCUT2D eigenvalue weighted by Crippen LogP contribution is 2.30. The average molecular weight is 311 g/mol. The van der Waals surface area contributed by atoms with Crippen molar-refractivity contribution in [3.05, 3.63) is 23.5 Å². The van der Waals surface area contributed by atoms with Crippen LogP contribution in [0, 0.1) is 6.92 Å². The van der Waals surface area contributed by atoms with Gasteiger partial charge < -0.3 is 4.90 Å². The van der Waals surface area contributed by atoms with E-state index in [9.17, 15) is 8.42 Å². The first kappa shape index (κ1) is 16.2. The van der Waals surface area contributed by atoms with Crippen LogP contribution in [0.5, 0.6) is 0 Å². The third-order valence-electron chi connectivity index (χ3n) is 4.00. The van der Waals surface area contributed by atoms with Gasteiger partial charge in [0.1, 0.15) is 0 Å². The molecule has 1 aliphatic heterocycles. The van der Waals surface area contributed by atoms with Gasteiger partial charge >= 0.3 is 0 Å². The minimum absolute atomic E-state index is 0.192. The summed E-state index contributed by atoms with van der Waals surface area (Å²) in [6.07, 6.45) is 0.843. The third kappa shape index (κ3) is 3.37. The van der Waals surface area contributed by atoms with E-state index in [1.54, 1.807) is 18.2 Å². The van der Waals surface area contributed by atoms with E-state index in [2.05, 4.69) is 16.0 Å². The second kappa shape index (κ2) is 5.93. The van der Waals surface area contributed by atoms with Crippen molar-refractivity contribution >= 4 is 15.7 Å². The fraction of sp³-hybridized carbons (Fsp3) is 0.667. The van der Waals surface area contributed by atoms with Gasteiger partial charge in [-0.05, 0) is 39.3 Å². The van der Waals surface area contributed by atoms with Gasteiger partial charge in [0.25, 0.3) is 0 Å². The SMILES string of the molecule is Cc1cc(N(C)C)cc(C2CCN(S(=O)(=O)C(C)C)C2)n1. The zero-order chi connectivity index (χ0) is 15.8. The lowest BCUT2D eigenvalue weighted by Gasteiger charge is -2.20. The molecule has 0 radical (unpaired) electrons. The predicted octanol–water partition coefficient (Wildman–Crippen LogP) is 1.98. The molecule has 5 nitrogen and oxygen atoms in total. The number of pyridine rings is 1. The van der Waals surface area contributed by atoms with E-state index >= 15 is 0 Å². The summed E-state index contributed by atoms with van der Waals surface area (Å²) in [7, 11) is 0.846. The summed E-state index contributed by atoms with van der Waals surface area (Å²) in [5.74, 6) is 0.192. The highest BCUT2D eigenvalue weighted by atomic mass is 32.2. The lowest BCUT2D eigenvalue weighted by Crippen LogP contribution is -2.34. The van der Waals surface area contributed by atoms with Crippen molar-refractivity contribution in [1.29, 1.82) is 0 Å². The van der Waals surface area contributed by atoms with E-state index in [1.165, 1.54) is 0 Å². The summed E-state index contributed by atoms with van der Waals surface area (Å²) in [6.45, 7) is 6.59. The van der Waals surface area contributed by atoms with Crippen molar-refractivity contribution in [1.82, 2.24) is 9.29 Å². The molecule has 1 aromatic rings. The molecule has 0 aliphatic carbocycles. The van der Waals surface area contributed by atoms with Gasteiger partial charge in [-0.15, -0.1) is 0 Å². The van der Waals surface area contributed by atoms with Crippen LogP contribution in [0.4, 0.5) is 5.69 Å². The van der Waals surface area contributed by atoms with Crippen LogP contribution in [0.1, 0.15) is 37.6 Å². The van der Waals surface area contributed by atoms with Crippen LogP contribution in [0.3, 0.4) is 0 Å². The van der Waals surface area contributed by atoms with Gasteiger partial charge in [0.05, 0.1) is 5.25 Å². The molecule has 1 atom stereocenters. The van der Waals surface area contributed by atoms with Crippen LogP contribution in [-0.4, -0.2) is 50.1 Å². The topological polar surface area (TPSA) is 53.5 Å². The normalized spacial score (nSPS) is 20.2. The second-order valence-electron chi connectivity index (χ2n) is 6.22. The first-order valence-electron chi connectivity index (χ1n) is 7.36. The van der Waals surface area contributed by atoms with Crippen molar-refractivity contribution in [3.63, 3.8) is 0 Å². The summed E-state index contributed by atoms with van der Waals surface area (Å²) in [6, 6.07) is 4.12. The van der Waals surface area contributed by atoms with E-state index in [0.717, 1.165) is 23.5 Å². The van der Waals surface area contributed by atoms with Crippen LogP contribution < -0.4 is 4.90 Å². The molecule has 2 heterocycles. The molecule has 0 N–H and O–H groups in total. The first-order chi connectivity index (χ1) is 9.71. The molecule has 0 bridgehead atoms. The number of sulfonamides is 1. The number of anilines is 1. The summed E-state index contributed by atoms with van der Waals surface area (Å²) < 4.78 is 26.1. The molecule has 1 saturated heterocycles. The molecule has 2 rings (SSSR count). The van der Waals surface area contributed by atoms with Crippen LogP contribution >= 0.6 is 0 Å². The Hall–Kier alpha value is -1.14. The monoisotopic (exact) mass is 311 g/mol. The zero-order valence-corrected chi connectivity index (χ0v) is 14.3. The Morgan fingerprint density at radius 1 is 1.33 bits per heavy atom. The van der Waals surface area contributed by atoms with Gasteiger partial charge in [-0.1, -0.05) is 0 Å². The molecule has 0 spiro atoms. The number of aryl methyl sites for hydroxylation is 1. The van der Waals surface area contributed by atoms with Crippen LogP contribution in [0.25, 0.3) is 0 Å². The van der Waals surface area contributed by atoms with Crippen molar-refractivity contribution in [2.45, 2.75) is 38.4 Å². The van der Waals surface area contributed by atoms with E-state index in [0.29, 0.717) is 13.1 Å². The highest BCUT2D eigenvalue weighted by molar-refractivity contribution is 7.89. The zero-order valence-electron chi connectivity index (χ0n) is 13.5. The molecule has 0 aromatic carbocycles. The minimum Gasteiger partial charge on any atom is -0.378 e. The van der Waals surface area contributed by atoms with E-state index in [4.69, 9.17) is 0 Å². The van der Waals surface area contributed by atoms with E-state index in [1.807, 2.05) is 27.1 Å². The molecule has 1 aromatic heterocycles. The maximum absolute atomic E-state index is 12.2. The quantitative estimate of drug-likeness (QED) is 0.853. The summed E-state index contributed by atoms with van der Waals surface area (Å²) in [5.41, 5.74) is 3.09. The Kier molecular flexibility index (Phi) is 4.58. The van der Waals surface area contributed by atoms with Gasteiger partial charge in [-0.25, -0.2) is 12.7 Å². The lowest BCUT2D eigenvalue weighted by molar-refractivity contribution is 0.465. The van der Waals surface area contributed by atoms with Crippen molar-refractivity contribution in [2.24, 2.45) is 0 Å². The Morgan fingerprint density at radius 3 is 2.57 bits per heavy atom. The van der Waals surface area contributed by atoms with Gasteiger partial charge in [0.2, 0.25) is 10.0 Å². The maximum Gasteiger partial charge on any atom is 0.216 e.